The van der Waals surface area contributed by atoms with Gasteiger partial charge in [-0.1, -0.05) is 6.92 Å². The van der Waals surface area contributed by atoms with E-state index in [9.17, 15) is 14.3 Å². The fourth-order valence-corrected chi connectivity index (χ4v) is 2.42. The molecule has 1 aromatic rings. The molecule has 2 N–H and O–H groups in total. The summed E-state index contributed by atoms with van der Waals surface area (Å²) in [5.74, 6) is 0.0107. The molecule has 0 heterocycles. The number of nitrogens with one attached hydrogen (secondary N) is 1. The van der Waals surface area contributed by atoms with E-state index in [-0.39, 0.29) is 18.3 Å². The zero-order valence-corrected chi connectivity index (χ0v) is 11.2. The summed E-state index contributed by atoms with van der Waals surface area (Å²) in [7, 11) is 0. The summed E-state index contributed by atoms with van der Waals surface area (Å²) in [5, 5.41) is 13.1. The van der Waals surface area contributed by atoms with E-state index in [0.29, 0.717) is 11.5 Å². The van der Waals surface area contributed by atoms with Gasteiger partial charge in [0.25, 0.3) is 5.91 Å². The molecule has 1 aliphatic carbocycles. The fraction of sp³-hybridized carbons (Fsp3) is 0.533. The minimum Gasteiger partial charge on any atom is -0.388 e. The van der Waals surface area contributed by atoms with E-state index in [0.717, 1.165) is 25.7 Å². The van der Waals surface area contributed by atoms with Crippen molar-refractivity contribution in [1.82, 2.24) is 5.32 Å². The van der Waals surface area contributed by atoms with Crippen LogP contribution in [0.3, 0.4) is 0 Å². The van der Waals surface area contributed by atoms with Crippen LogP contribution in [0.2, 0.25) is 0 Å². The average molecular weight is 265 g/mol. The molecule has 3 nitrogen and oxygen atoms in total. The predicted octanol–water partition coefficient (Wildman–Crippen LogP) is 2.50. The van der Waals surface area contributed by atoms with Crippen LogP contribution in [-0.4, -0.2) is 23.2 Å². The molecule has 0 saturated heterocycles. The van der Waals surface area contributed by atoms with Crippen LogP contribution >= 0.6 is 0 Å². The topological polar surface area (TPSA) is 49.3 Å². The number of carbonyl (C=O) groups excluding carboxylic acids is 1. The largest absolute Gasteiger partial charge is 0.388 e. The summed E-state index contributed by atoms with van der Waals surface area (Å²) in [5.41, 5.74) is -0.378. The maximum absolute atomic E-state index is 12.8. The van der Waals surface area contributed by atoms with Crippen molar-refractivity contribution in [3.63, 3.8) is 0 Å². The summed E-state index contributed by atoms with van der Waals surface area (Å²) in [6, 6.07) is 5.40. The smallest absolute Gasteiger partial charge is 0.251 e. The van der Waals surface area contributed by atoms with E-state index < -0.39 is 5.60 Å². The first kappa shape index (κ1) is 14.0. The van der Waals surface area contributed by atoms with Crippen molar-refractivity contribution in [2.45, 2.75) is 38.2 Å². The van der Waals surface area contributed by atoms with E-state index in [4.69, 9.17) is 0 Å². The number of benzene rings is 1. The number of aliphatic hydroxyl groups is 1. The molecule has 1 fully saturated rings. The van der Waals surface area contributed by atoms with Gasteiger partial charge in [0.15, 0.2) is 0 Å². The van der Waals surface area contributed by atoms with Gasteiger partial charge >= 0.3 is 0 Å². The minimum absolute atomic E-state index is 0.260. The van der Waals surface area contributed by atoms with Crippen molar-refractivity contribution >= 4 is 5.91 Å². The van der Waals surface area contributed by atoms with Gasteiger partial charge in [-0.2, -0.15) is 0 Å². The third-order valence-corrected chi connectivity index (χ3v) is 3.89. The van der Waals surface area contributed by atoms with Gasteiger partial charge in [0, 0.05) is 12.1 Å². The molecular weight excluding hydrogens is 245 g/mol. The monoisotopic (exact) mass is 265 g/mol. The van der Waals surface area contributed by atoms with Crippen molar-refractivity contribution in [3.05, 3.63) is 35.6 Å². The van der Waals surface area contributed by atoms with Gasteiger partial charge in [-0.25, -0.2) is 4.39 Å². The maximum atomic E-state index is 12.8. The molecule has 1 aliphatic rings. The number of rotatable bonds is 3. The fourth-order valence-electron chi connectivity index (χ4n) is 2.42. The molecule has 19 heavy (non-hydrogen) atoms. The summed E-state index contributed by atoms with van der Waals surface area (Å²) >= 11 is 0. The summed E-state index contributed by atoms with van der Waals surface area (Å²) in [6.07, 6.45) is 3.42. The van der Waals surface area contributed by atoms with E-state index in [1.807, 2.05) is 0 Å². The van der Waals surface area contributed by atoms with Crippen molar-refractivity contribution in [3.8, 4) is 0 Å². The third kappa shape index (κ3) is 3.77. The molecule has 1 saturated carbocycles. The minimum atomic E-state index is -0.789. The Labute approximate surface area is 112 Å². The number of halogens is 1. The Morgan fingerprint density at radius 1 is 1.37 bits per heavy atom. The Bertz CT molecular complexity index is 436. The predicted molar refractivity (Wildman–Crippen MR) is 71.3 cm³/mol. The number of hydrogen-bond acceptors (Lipinski definition) is 2. The summed E-state index contributed by atoms with van der Waals surface area (Å²) < 4.78 is 12.8. The Kier molecular flexibility index (Phi) is 4.20. The molecule has 0 radical (unpaired) electrons. The number of amides is 1. The second-order valence-electron chi connectivity index (χ2n) is 5.60. The highest BCUT2D eigenvalue weighted by atomic mass is 19.1. The zero-order valence-electron chi connectivity index (χ0n) is 11.2. The quantitative estimate of drug-likeness (QED) is 0.882. The lowest BCUT2D eigenvalue weighted by atomic mass is 9.79. The molecule has 1 amide bonds. The molecule has 104 valence electrons. The standard InChI is InChI=1S/C15H20FNO2/c1-11-6-8-15(19,9-7-11)10-17-14(18)12-2-4-13(16)5-3-12/h2-5,11,19H,6-10H2,1H3,(H,17,18). The normalized spacial score (nSPS) is 27.0. The highest BCUT2D eigenvalue weighted by molar-refractivity contribution is 5.94. The zero-order chi connectivity index (χ0) is 13.9. The van der Waals surface area contributed by atoms with Gasteiger partial charge in [0.2, 0.25) is 0 Å². The van der Waals surface area contributed by atoms with Crippen molar-refractivity contribution in [2.24, 2.45) is 5.92 Å². The van der Waals surface area contributed by atoms with E-state index in [1.54, 1.807) is 0 Å². The lowest BCUT2D eigenvalue weighted by molar-refractivity contribution is -0.00540. The van der Waals surface area contributed by atoms with Crippen LogP contribution in [0, 0.1) is 11.7 Å². The van der Waals surface area contributed by atoms with Crippen LogP contribution in [0.25, 0.3) is 0 Å². The van der Waals surface area contributed by atoms with Crippen LogP contribution in [0.1, 0.15) is 43.0 Å². The van der Waals surface area contributed by atoms with Crippen LogP contribution < -0.4 is 5.32 Å². The van der Waals surface area contributed by atoms with Gasteiger partial charge < -0.3 is 10.4 Å². The average Bonchev–Trinajstić information content (AvgIpc) is 2.41. The Morgan fingerprint density at radius 2 is 1.95 bits per heavy atom. The number of carbonyl (C=O) groups is 1. The van der Waals surface area contributed by atoms with Crippen molar-refractivity contribution < 1.29 is 14.3 Å². The summed E-state index contributed by atoms with van der Waals surface area (Å²) in [4.78, 5) is 11.9. The SMILES string of the molecule is CC1CCC(O)(CNC(=O)c2ccc(F)cc2)CC1. The van der Waals surface area contributed by atoms with Gasteiger partial charge in [-0.05, 0) is 55.9 Å². The van der Waals surface area contributed by atoms with Gasteiger partial charge in [-0.3, -0.25) is 4.79 Å². The number of hydrogen-bond donors (Lipinski definition) is 2. The first-order valence-corrected chi connectivity index (χ1v) is 6.75. The maximum Gasteiger partial charge on any atom is 0.251 e. The van der Waals surface area contributed by atoms with E-state index >= 15 is 0 Å². The van der Waals surface area contributed by atoms with E-state index in [1.165, 1.54) is 24.3 Å². The van der Waals surface area contributed by atoms with Crippen LogP contribution in [0.4, 0.5) is 4.39 Å². The molecule has 2 rings (SSSR count). The Morgan fingerprint density at radius 3 is 2.53 bits per heavy atom. The van der Waals surface area contributed by atoms with Gasteiger partial charge in [0.05, 0.1) is 5.60 Å². The van der Waals surface area contributed by atoms with Gasteiger partial charge in [-0.15, -0.1) is 0 Å². The van der Waals surface area contributed by atoms with Crippen LogP contribution in [-0.2, 0) is 0 Å². The third-order valence-electron chi connectivity index (χ3n) is 3.89. The summed E-state index contributed by atoms with van der Waals surface area (Å²) in [6.45, 7) is 2.44. The highest BCUT2D eigenvalue weighted by Gasteiger charge is 2.32. The van der Waals surface area contributed by atoms with Crippen molar-refractivity contribution in [1.29, 1.82) is 0 Å². The van der Waals surface area contributed by atoms with Crippen LogP contribution in [0.5, 0.6) is 0 Å². The molecule has 0 bridgehead atoms. The second-order valence-corrected chi connectivity index (χ2v) is 5.60. The van der Waals surface area contributed by atoms with E-state index in [2.05, 4.69) is 12.2 Å². The molecule has 0 spiro atoms. The first-order chi connectivity index (χ1) is 8.98. The van der Waals surface area contributed by atoms with Crippen LogP contribution in [0.15, 0.2) is 24.3 Å². The molecule has 0 atom stereocenters. The van der Waals surface area contributed by atoms with Crippen molar-refractivity contribution in [2.75, 3.05) is 6.54 Å². The lowest BCUT2D eigenvalue weighted by Crippen LogP contribution is -2.45. The Balaban J connectivity index is 1.88. The van der Waals surface area contributed by atoms with Gasteiger partial charge in [0.1, 0.15) is 5.82 Å². The highest BCUT2D eigenvalue weighted by Crippen LogP contribution is 2.31. The lowest BCUT2D eigenvalue weighted by Gasteiger charge is -2.34. The molecular formula is C15H20FNO2. The first-order valence-electron chi connectivity index (χ1n) is 6.75. The Hall–Kier alpha value is -1.42. The molecule has 4 heteroatoms. The molecule has 0 aliphatic heterocycles. The molecule has 0 aromatic heterocycles. The second kappa shape index (κ2) is 5.70. The molecule has 1 aromatic carbocycles. The molecule has 0 unspecified atom stereocenters.